The molecule has 2 aromatic carbocycles. The zero-order chi connectivity index (χ0) is 20.0. The minimum absolute atomic E-state index is 0.0205. The van der Waals surface area contributed by atoms with Gasteiger partial charge in [-0.05, 0) is 23.8 Å². The molecule has 4 nitrogen and oxygen atoms in total. The van der Waals surface area contributed by atoms with Crippen molar-refractivity contribution in [1.29, 1.82) is 0 Å². The van der Waals surface area contributed by atoms with E-state index in [4.69, 9.17) is 0 Å². The Bertz CT molecular complexity index is 932. The molecule has 1 aromatic heterocycles. The second-order valence-corrected chi connectivity index (χ2v) is 8.76. The number of anilines is 1. The maximum absolute atomic E-state index is 12.7. The molecule has 146 valence electrons. The Kier molecular flexibility index (Phi) is 6.97. The molecule has 0 fully saturated rings. The fourth-order valence-corrected chi connectivity index (χ4v) is 4.58. The minimum Gasteiger partial charge on any atom is -0.300 e. The van der Waals surface area contributed by atoms with E-state index in [1.807, 2.05) is 30.3 Å². The summed E-state index contributed by atoms with van der Waals surface area (Å²) in [7, 11) is 0. The van der Waals surface area contributed by atoms with Crippen LogP contribution in [0.1, 0.15) is 11.1 Å². The van der Waals surface area contributed by atoms with Gasteiger partial charge in [0.1, 0.15) is 0 Å². The van der Waals surface area contributed by atoms with Crippen LogP contribution in [0.3, 0.4) is 0 Å². The molecule has 10 heteroatoms. The van der Waals surface area contributed by atoms with Crippen molar-refractivity contribution >= 4 is 45.9 Å². The third kappa shape index (κ3) is 6.25. The van der Waals surface area contributed by atoms with Crippen LogP contribution in [0.15, 0.2) is 63.8 Å². The van der Waals surface area contributed by atoms with Crippen LogP contribution in [0, 0.1) is 0 Å². The van der Waals surface area contributed by atoms with Crippen molar-refractivity contribution in [2.45, 2.75) is 21.2 Å². The maximum atomic E-state index is 12.7. The highest BCUT2D eigenvalue weighted by atomic mass is 32.2. The first-order valence-corrected chi connectivity index (χ1v) is 10.8. The number of nitrogens with zero attached hydrogens (tertiary/aromatic N) is 2. The standard InChI is InChI=1S/C18H14F3N3OS3/c19-18(20,21)13-7-4-8-14(9-13)26-11-15(25)22-16-23-24-17(28-16)27-10-12-5-2-1-3-6-12/h1-9H,10-11H2,(H,22,23,25). The van der Waals surface area contributed by atoms with E-state index < -0.39 is 11.7 Å². The van der Waals surface area contributed by atoms with Gasteiger partial charge in [0.05, 0.1) is 11.3 Å². The highest BCUT2D eigenvalue weighted by Crippen LogP contribution is 2.32. The fraction of sp³-hybridized carbons (Fsp3) is 0.167. The molecule has 0 saturated carbocycles. The number of hydrogen-bond donors (Lipinski definition) is 1. The van der Waals surface area contributed by atoms with E-state index in [0.717, 1.165) is 39.6 Å². The zero-order valence-electron chi connectivity index (χ0n) is 14.3. The Hall–Kier alpha value is -2.04. The van der Waals surface area contributed by atoms with Crippen LogP contribution in [0.2, 0.25) is 0 Å². The summed E-state index contributed by atoms with van der Waals surface area (Å²) in [5.74, 6) is 0.375. The lowest BCUT2D eigenvalue weighted by Gasteiger charge is -2.08. The van der Waals surface area contributed by atoms with Gasteiger partial charge >= 0.3 is 6.18 Å². The quantitative estimate of drug-likeness (QED) is 0.383. The van der Waals surface area contributed by atoms with Crippen LogP contribution in [0.4, 0.5) is 18.3 Å². The Morgan fingerprint density at radius 2 is 1.82 bits per heavy atom. The number of carbonyl (C=O) groups excluding carboxylic acids is 1. The van der Waals surface area contributed by atoms with E-state index in [9.17, 15) is 18.0 Å². The lowest BCUT2D eigenvalue weighted by Crippen LogP contribution is -2.13. The third-order valence-electron chi connectivity index (χ3n) is 3.39. The van der Waals surface area contributed by atoms with Crippen LogP contribution in [0.25, 0.3) is 0 Å². The van der Waals surface area contributed by atoms with Crippen LogP contribution in [-0.2, 0) is 16.7 Å². The fourth-order valence-electron chi connectivity index (χ4n) is 2.10. The molecule has 1 heterocycles. The molecule has 0 aliphatic heterocycles. The van der Waals surface area contributed by atoms with E-state index >= 15 is 0 Å². The van der Waals surface area contributed by atoms with Crippen LogP contribution < -0.4 is 5.32 Å². The number of rotatable bonds is 7. The molecular formula is C18H14F3N3OS3. The number of thioether (sulfide) groups is 2. The van der Waals surface area contributed by atoms with Crippen molar-refractivity contribution in [2.24, 2.45) is 0 Å². The number of halogens is 3. The summed E-state index contributed by atoms with van der Waals surface area (Å²) < 4.78 is 38.9. The molecule has 28 heavy (non-hydrogen) atoms. The monoisotopic (exact) mass is 441 g/mol. The average Bonchev–Trinajstić information content (AvgIpc) is 3.12. The molecule has 3 aromatic rings. The van der Waals surface area contributed by atoms with Crippen LogP contribution >= 0.6 is 34.9 Å². The smallest absolute Gasteiger partial charge is 0.300 e. The third-order valence-corrected chi connectivity index (χ3v) is 6.43. The molecule has 0 aliphatic carbocycles. The maximum Gasteiger partial charge on any atom is 0.416 e. The van der Waals surface area contributed by atoms with Crippen molar-refractivity contribution in [2.75, 3.05) is 11.1 Å². The van der Waals surface area contributed by atoms with E-state index in [-0.39, 0.29) is 11.7 Å². The van der Waals surface area contributed by atoms with E-state index in [0.29, 0.717) is 10.0 Å². The normalized spacial score (nSPS) is 11.4. The number of alkyl halides is 3. The molecular weight excluding hydrogens is 427 g/mol. The van der Waals surface area contributed by atoms with E-state index in [1.165, 1.54) is 35.2 Å². The van der Waals surface area contributed by atoms with Gasteiger partial charge in [0, 0.05) is 10.6 Å². The minimum atomic E-state index is -4.40. The molecule has 1 amide bonds. The van der Waals surface area contributed by atoms with Crippen molar-refractivity contribution in [3.63, 3.8) is 0 Å². The number of amides is 1. The number of benzene rings is 2. The van der Waals surface area contributed by atoms with Gasteiger partial charge in [0.15, 0.2) is 4.34 Å². The summed E-state index contributed by atoms with van der Waals surface area (Å²) in [5, 5.41) is 10.9. The van der Waals surface area contributed by atoms with Crippen molar-refractivity contribution in [1.82, 2.24) is 10.2 Å². The molecule has 0 atom stereocenters. The Labute approximate surface area is 172 Å². The molecule has 1 N–H and O–H groups in total. The first-order chi connectivity index (χ1) is 13.4. The van der Waals surface area contributed by atoms with E-state index in [2.05, 4.69) is 15.5 Å². The van der Waals surface area contributed by atoms with Crippen LogP contribution in [0.5, 0.6) is 0 Å². The summed E-state index contributed by atoms with van der Waals surface area (Å²) in [4.78, 5) is 12.4. The van der Waals surface area contributed by atoms with Crippen LogP contribution in [-0.4, -0.2) is 21.9 Å². The first kappa shape index (κ1) is 20.7. The highest BCUT2D eigenvalue weighted by Gasteiger charge is 2.30. The molecule has 0 saturated heterocycles. The summed E-state index contributed by atoms with van der Waals surface area (Å²) in [6.45, 7) is 0. The van der Waals surface area contributed by atoms with Crippen molar-refractivity contribution < 1.29 is 18.0 Å². The van der Waals surface area contributed by atoms with Crippen molar-refractivity contribution in [3.8, 4) is 0 Å². The lowest BCUT2D eigenvalue weighted by molar-refractivity contribution is -0.137. The molecule has 0 radical (unpaired) electrons. The largest absolute Gasteiger partial charge is 0.416 e. The Morgan fingerprint density at radius 1 is 1.04 bits per heavy atom. The van der Waals surface area contributed by atoms with Gasteiger partial charge in [0.2, 0.25) is 11.0 Å². The number of hydrogen-bond acceptors (Lipinski definition) is 6. The Balaban J connectivity index is 1.48. The van der Waals surface area contributed by atoms with Gasteiger partial charge in [-0.1, -0.05) is 59.5 Å². The molecule has 0 bridgehead atoms. The molecule has 0 spiro atoms. The second-order valence-electron chi connectivity index (χ2n) is 5.51. The Morgan fingerprint density at radius 3 is 2.57 bits per heavy atom. The SMILES string of the molecule is O=C(CSc1cccc(C(F)(F)F)c1)Nc1nnc(SCc2ccccc2)s1. The van der Waals surface area contributed by atoms with Gasteiger partial charge in [-0.15, -0.1) is 22.0 Å². The highest BCUT2D eigenvalue weighted by molar-refractivity contribution is 8.00. The lowest BCUT2D eigenvalue weighted by atomic mass is 10.2. The topological polar surface area (TPSA) is 54.9 Å². The average molecular weight is 442 g/mol. The molecule has 0 aliphatic rings. The van der Waals surface area contributed by atoms with Gasteiger partial charge in [-0.3, -0.25) is 10.1 Å². The predicted octanol–water partition coefficient (Wildman–Crippen LogP) is 5.58. The van der Waals surface area contributed by atoms with Crippen molar-refractivity contribution in [3.05, 3.63) is 65.7 Å². The number of carbonyl (C=O) groups is 1. The predicted molar refractivity (Wildman–Crippen MR) is 107 cm³/mol. The number of nitrogens with one attached hydrogen (secondary N) is 1. The summed E-state index contributed by atoms with van der Waals surface area (Å²) in [6.07, 6.45) is -4.40. The first-order valence-electron chi connectivity index (χ1n) is 8.00. The molecule has 0 unspecified atom stereocenters. The van der Waals surface area contributed by atoms with Gasteiger partial charge < -0.3 is 0 Å². The zero-order valence-corrected chi connectivity index (χ0v) is 16.7. The summed E-state index contributed by atoms with van der Waals surface area (Å²) in [6, 6.07) is 14.8. The van der Waals surface area contributed by atoms with E-state index in [1.54, 1.807) is 0 Å². The summed E-state index contributed by atoms with van der Waals surface area (Å²) >= 11 is 3.81. The van der Waals surface area contributed by atoms with Gasteiger partial charge in [-0.25, -0.2) is 0 Å². The second kappa shape index (κ2) is 9.44. The number of aromatic nitrogens is 2. The molecule has 3 rings (SSSR count). The summed E-state index contributed by atoms with van der Waals surface area (Å²) in [5.41, 5.74) is 0.424. The van der Waals surface area contributed by atoms with Gasteiger partial charge in [-0.2, -0.15) is 13.2 Å². The van der Waals surface area contributed by atoms with Gasteiger partial charge in [0.25, 0.3) is 0 Å².